The van der Waals surface area contributed by atoms with E-state index in [2.05, 4.69) is 26.1 Å². The molecule has 0 saturated carbocycles. The fourth-order valence-electron chi connectivity index (χ4n) is 3.92. The first-order valence-electron chi connectivity index (χ1n) is 11.7. The number of unbranched alkanes of at least 4 members (excludes halogenated alkanes) is 11. The summed E-state index contributed by atoms with van der Waals surface area (Å²) in [6, 6.07) is 0. The van der Waals surface area contributed by atoms with Gasteiger partial charge in [-0.1, -0.05) is 104 Å². The first kappa shape index (κ1) is 24.9. The Morgan fingerprint density at radius 3 is 1.40 bits per heavy atom. The lowest BCUT2D eigenvalue weighted by molar-refractivity contribution is 0.327. The van der Waals surface area contributed by atoms with Crippen molar-refractivity contribution in [2.24, 2.45) is 5.73 Å². The van der Waals surface area contributed by atoms with Crippen molar-refractivity contribution in [2.45, 2.75) is 135 Å². The molecule has 0 radical (unpaired) electrons. The lowest BCUT2D eigenvalue weighted by Gasteiger charge is -2.29. The summed E-state index contributed by atoms with van der Waals surface area (Å²) < 4.78 is 0. The molecule has 0 aliphatic heterocycles. The maximum Gasteiger partial charge on any atom is 0.0166 e. The van der Waals surface area contributed by atoms with Gasteiger partial charge in [-0.25, -0.2) is 0 Å². The normalized spacial score (nSPS) is 12.0. The monoisotopic (exact) mass is 354 g/mol. The van der Waals surface area contributed by atoms with E-state index in [1.165, 1.54) is 109 Å². The molecule has 0 bridgehead atoms. The smallest absolute Gasteiger partial charge is 0.0166 e. The minimum atomic E-state index is 0.0764. The maximum absolute atomic E-state index is 6.53. The number of nitrogens with two attached hydrogens (primary N) is 1. The molecule has 0 aromatic rings. The average Bonchev–Trinajstić information content (AvgIpc) is 2.59. The predicted molar refractivity (Wildman–Crippen MR) is 115 cm³/mol. The molecule has 0 aromatic heterocycles. The highest BCUT2D eigenvalue weighted by Gasteiger charge is 2.21. The molecule has 0 amide bonds. The molecule has 0 aliphatic carbocycles. The van der Waals surface area contributed by atoms with Gasteiger partial charge >= 0.3 is 0 Å². The highest BCUT2D eigenvalue weighted by molar-refractivity contribution is 4.83. The zero-order chi connectivity index (χ0) is 18.6. The van der Waals surface area contributed by atoms with Crippen LogP contribution in [0.15, 0.2) is 0 Å². The largest absolute Gasteiger partial charge is 0.325 e. The molecule has 3 N–H and O–H groups in total. The van der Waals surface area contributed by atoms with Gasteiger partial charge in [-0.2, -0.15) is 0 Å². The lowest BCUT2D eigenvalue weighted by Crippen LogP contribution is -2.42. The molecule has 0 fully saturated rings. The van der Waals surface area contributed by atoms with Crippen LogP contribution in [0.5, 0.6) is 0 Å². The van der Waals surface area contributed by atoms with Gasteiger partial charge in [-0.05, 0) is 38.8 Å². The van der Waals surface area contributed by atoms with Crippen molar-refractivity contribution in [1.82, 2.24) is 5.32 Å². The van der Waals surface area contributed by atoms with Crippen LogP contribution >= 0.6 is 0 Å². The molecule has 152 valence electrons. The molecule has 25 heavy (non-hydrogen) atoms. The molecule has 2 nitrogen and oxygen atoms in total. The summed E-state index contributed by atoms with van der Waals surface area (Å²) in [5.41, 5.74) is 6.61. The Kier molecular flexibility index (Phi) is 18.6. The van der Waals surface area contributed by atoms with E-state index in [0.29, 0.717) is 0 Å². The lowest BCUT2D eigenvalue weighted by atomic mass is 9.86. The van der Waals surface area contributed by atoms with E-state index in [1.54, 1.807) is 0 Å². The summed E-state index contributed by atoms with van der Waals surface area (Å²) >= 11 is 0. The summed E-state index contributed by atoms with van der Waals surface area (Å²) in [5.74, 6) is 0. The predicted octanol–water partition coefficient (Wildman–Crippen LogP) is 6.96. The van der Waals surface area contributed by atoms with Crippen LogP contribution in [0.25, 0.3) is 0 Å². The van der Waals surface area contributed by atoms with E-state index in [-0.39, 0.29) is 5.54 Å². The van der Waals surface area contributed by atoms with Crippen molar-refractivity contribution in [3.05, 3.63) is 0 Å². The van der Waals surface area contributed by atoms with Crippen LogP contribution < -0.4 is 11.1 Å². The fourth-order valence-corrected chi connectivity index (χ4v) is 3.92. The van der Waals surface area contributed by atoms with Crippen molar-refractivity contribution in [2.75, 3.05) is 13.1 Å². The first-order valence-corrected chi connectivity index (χ1v) is 11.7. The van der Waals surface area contributed by atoms with E-state index in [9.17, 15) is 0 Å². The van der Waals surface area contributed by atoms with Crippen molar-refractivity contribution < 1.29 is 0 Å². The fraction of sp³-hybridized carbons (Fsp3) is 1.00. The van der Waals surface area contributed by atoms with Gasteiger partial charge in [-0.15, -0.1) is 0 Å². The Bertz CT molecular complexity index is 246. The van der Waals surface area contributed by atoms with Crippen LogP contribution in [0.3, 0.4) is 0 Å². The van der Waals surface area contributed by atoms with Gasteiger partial charge < -0.3 is 11.1 Å². The molecule has 0 heterocycles. The molecular formula is C23H50N2. The Morgan fingerprint density at radius 1 is 0.520 bits per heavy atom. The van der Waals surface area contributed by atoms with Crippen molar-refractivity contribution >= 4 is 0 Å². The van der Waals surface area contributed by atoms with E-state index >= 15 is 0 Å². The average molecular weight is 355 g/mol. The summed E-state index contributed by atoms with van der Waals surface area (Å²) in [5, 5.41) is 3.61. The Morgan fingerprint density at radius 2 is 0.960 bits per heavy atom. The van der Waals surface area contributed by atoms with Crippen LogP contribution in [0.4, 0.5) is 0 Å². The number of hydrogen-bond donors (Lipinski definition) is 2. The molecule has 0 saturated heterocycles. The van der Waals surface area contributed by atoms with Gasteiger partial charge in [-0.3, -0.25) is 0 Å². The third-order valence-corrected chi connectivity index (χ3v) is 5.50. The summed E-state index contributed by atoms with van der Waals surface area (Å²) in [4.78, 5) is 0. The maximum atomic E-state index is 6.53. The number of nitrogens with one attached hydrogen (secondary N) is 1. The molecule has 2 heteroatoms. The van der Waals surface area contributed by atoms with E-state index in [0.717, 1.165) is 13.0 Å². The van der Waals surface area contributed by atoms with Gasteiger partial charge in [0.05, 0.1) is 0 Å². The van der Waals surface area contributed by atoms with Crippen LogP contribution in [0, 0.1) is 0 Å². The quantitative estimate of drug-likeness (QED) is 0.232. The summed E-state index contributed by atoms with van der Waals surface area (Å²) in [6.45, 7) is 9.05. The molecule has 0 spiro atoms. The summed E-state index contributed by atoms with van der Waals surface area (Å²) in [7, 11) is 0. The van der Waals surface area contributed by atoms with Gasteiger partial charge in [0.2, 0.25) is 0 Å². The van der Waals surface area contributed by atoms with Gasteiger partial charge in [0, 0.05) is 5.54 Å². The Hall–Kier alpha value is -0.0800. The second-order valence-corrected chi connectivity index (χ2v) is 8.25. The Balaban J connectivity index is 3.28. The minimum absolute atomic E-state index is 0.0764. The zero-order valence-electron chi connectivity index (χ0n) is 18.0. The molecule has 0 aliphatic rings. The highest BCUT2D eigenvalue weighted by atomic mass is 14.9. The van der Waals surface area contributed by atoms with E-state index in [1.807, 2.05) is 0 Å². The molecular weight excluding hydrogens is 304 g/mol. The molecule has 0 rings (SSSR count). The standard InChI is InChI=1S/C23H50N2/c1-4-7-8-9-10-11-12-13-14-15-16-17-21-25-22-20-23(24,18-5-2)19-6-3/h25H,4-22,24H2,1-3H3. The molecule has 0 atom stereocenters. The number of hydrogen-bond acceptors (Lipinski definition) is 2. The Labute approximate surface area is 160 Å². The highest BCUT2D eigenvalue weighted by Crippen LogP contribution is 2.20. The third-order valence-electron chi connectivity index (χ3n) is 5.50. The van der Waals surface area contributed by atoms with Crippen LogP contribution in [0.2, 0.25) is 0 Å². The third kappa shape index (κ3) is 17.1. The van der Waals surface area contributed by atoms with Crippen molar-refractivity contribution in [1.29, 1.82) is 0 Å². The van der Waals surface area contributed by atoms with Crippen LogP contribution in [-0.4, -0.2) is 18.6 Å². The van der Waals surface area contributed by atoms with Gasteiger partial charge in [0.1, 0.15) is 0 Å². The van der Waals surface area contributed by atoms with Crippen LogP contribution in [0.1, 0.15) is 130 Å². The second-order valence-electron chi connectivity index (χ2n) is 8.25. The van der Waals surface area contributed by atoms with Crippen molar-refractivity contribution in [3.8, 4) is 0 Å². The van der Waals surface area contributed by atoms with Gasteiger partial charge in [0.15, 0.2) is 0 Å². The van der Waals surface area contributed by atoms with E-state index in [4.69, 9.17) is 5.73 Å². The van der Waals surface area contributed by atoms with Crippen LogP contribution in [-0.2, 0) is 0 Å². The summed E-state index contributed by atoms with van der Waals surface area (Å²) in [6.07, 6.45) is 23.0. The molecule has 0 aromatic carbocycles. The topological polar surface area (TPSA) is 38.0 Å². The SMILES string of the molecule is CCCCCCCCCCCCCCNCCC(N)(CCC)CCC. The minimum Gasteiger partial charge on any atom is -0.325 e. The van der Waals surface area contributed by atoms with E-state index < -0.39 is 0 Å². The second kappa shape index (κ2) is 18.7. The molecule has 0 unspecified atom stereocenters. The van der Waals surface area contributed by atoms with Crippen molar-refractivity contribution in [3.63, 3.8) is 0 Å². The first-order chi connectivity index (χ1) is 12.2. The zero-order valence-corrected chi connectivity index (χ0v) is 18.0. The van der Waals surface area contributed by atoms with Gasteiger partial charge in [0.25, 0.3) is 0 Å². The number of rotatable bonds is 20.